The zero-order valence-corrected chi connectivity index (χ0v) is 45.3. The summed E-state index contributed by atoms with van der Waals surface area (Å²) < 4.78 is 16.8. The fourth-order valence-electron chi connectivity index (χ4n) is 7.95. The smallest absolute Gasteiger partial charge is 0.306 e. The van der Waals surface area contributed by atoms with E-state index in [0.717, 1.165) is 89.9 Å². The maximum absolute atomic E-state index is 12.8. The molecule has 0 aromatic heterocycles. The molecule has 0 aliphatic heterocycles. The van der Waals surface area contributed by atoms with E-state index < -0.39 is 6.10 Å². The Morgan fingerprint density at radius 2 is 0.580 bits per heavy atom. The van der Waals surface area contributed by atoms with Gasteiger partial charge in [-0.1, -0.05) is 234 Å². The number of carbonyl (C=O) groups is 3. The monoisotopic (exact) mass is 961 g/mol. The van der Waals surface area contributed by atoms with Crippen molar-refractivity contribution in [3.8, 4) is 0 Å². The molecular weight excluding hydrogens is 853 g/mol. The molecule has 0 spiro atoms. The zero-order chi connectivity index (χ0) is 50.0. The summed E-state index contributed by atoms with van der Waals surface area (Å²) in [5, 5.41) is 0. The fourth-order valence-corrected chi connectivity index (χ4v) is 7.95. The molecule has 0 saturated carbocycles. The number of hydrogen-bond donors (Lipinski definition) is 0. The van der Waals surface area contributed by atoms with E-state index in [-0.39, 0.29) is 37.5 Å². The maximum atomic E-state index is 12.8. The van der Waals surface area contributed by atoms with Gasteiger partial charge < -0.3 is 14.2 Å². The minimum atomic E-state index is -0.820. The van der Waals surface area contributed by atoms with Crippen molar-refractivity contribution in [2.75, 3.05) is 13.2 Å². The van der Waals surface area contributed by atoms with Gasteiger partial charge in [-0.25, -0.2) is 0 Å². The average Bonchev–Trinajstić information content (AvgIpc) is 3.35. The van der Waals surface area contributed by atoms with Crippen LogP contribution in [0.4, 0.5) is 0 Å². The molecule has 0 aromatic carbocycles. The highest BCUT2D eigenvalue weighted by atomic mass is 16.6. The highest BCUT2D eigenvalue weighted by Crippen LogP contribution is 2.14. The molecule has 69 heavy (non-hydrogen) atoms. The molecule has 1 atom stereocenters. The van der Waals surface area contributed by atoms with Gasteiger partial charge in [0.25, 0.3) is 0 Å². The predicted molar refractivity (Wildman–Crippen MR) is 297 cm³/mol. The minimum absolute atomic E-state index is 0.111. The predicted octanol–water partition coefficient (Wildman–Crippen LogP) is 19.5. The van der Waals surface area contributed by atoms with Crippen LogP contribution >= 0.6 is 0 Å². The van der Waals surface area contributed by atoms with E-state index in [2.05, 4.69) is 106 Å². The van der Waals surface area contributed by atoms with Crippen molar-refractivity contribution in [1.82, 2.24) is 0 Å². The Balaban J connectivity index is 4.51. The number of ether oxygens (including phenoxy) is 3. The molecule has 0 saturated heterocycles. The third kappa shape index (κ3) is 55.4. The van der Waals surface area contributed by atoms with E-state index in [1.165, 1.54) is 141 Å². The van der Waals surface area contributed by atoms with Crippen molar-refractivity contribution in [2.45, 2.75) is 284 Å². The summed E-state index contributed by atoms with van der Waals surface area (Å²) in [4.78, 5) is 38.1. The SMILES string of the molecule is CCCCC/C=C\C/C=C\C/C=C\C/C=C\CCCC(=O)OC(COC(=O)CCCCC/C=C\C=C/CCCCCCCCC)COC(=O)CCCCCCC/C=C\CCCCCCCCCCC. The molecule has 0 aliphatic carbocycles. The van der Waals surface area contributed by atoms with Crippen molar-refractivity contribution in [3.05, 3.63) is 85.1 Å². The van der Waals surface area contributed by atoms with Crippen LogP contribution in [0, 0.1) is 0 Å². The van der Waals surface area contributed by atoms with Crippen LogP contribution in [0.15, 0.2) is 85.1 Å². The third-order valence-electron chi connectivity index (χ3n) is 12.4. The van der Waals surface area contributed by atoms with Gasteiger partial charge in [-0.15, -0.1) is 0 Å². The largest absolute Gasteiger partial charge is 0.462 e. The van der Waals surface area contributed by atoms with Gasteiger partial charge in [0.1, 0.15) is 13.2 Å². The van der Waals surface area contributed by atoms with Crippen LogP contribution in [0.3, 0.4) is 0 Å². The molecular formula is C63H108O6. The highest BCUT2D eigenvalue weighted by molar-refractivity contribution is 5.71. The lowest BCUT2D eigenvalue weighted by atomic mass is 10.1. The molecule has 396 valence electrons. The van der Waals surface area contributed by atoms with Crippen LogP contribution in [0.2, 0.25) is 0 Å². The second-order valence-corrected chi connectivity index (χ2v) is 19.2. The Morgan fingerprint density at radius 3 is 1.00 bits per heavy atom. The van der Waals surface area contributed by atoms with E-state index >= 15 is 0 Å². The van der Waals surface area contributed by atoms with Crippen LogP contribution < -0.4 is 0 Å². The van der Waals surface area contributed by atoms with Gasteiger partial charge in [0.05, 0.1) is 0 Å². The summed E-state index contributed by atoms with van der Waals surface area (Å²) in [7, 11) is 0. The van der Waals surface area contributed by atoms with Crippen molar-refractivity contribution < 1.29 is 28.6 Å². The Morgan fingerprint density at radius 1 is 0.304 bits per heavy atom. The lowest BCUT2D eigenvalue weighted by molar-refractivity contribution is -0.167. The Labute approximate surface area is 426 Å². The number of allylic oxidation sites excluding steroid dienone is 14. The second-order valence-electron chi connectivity index (χ2n) is 19.2. The van der Waals surface area contributed by atoms with Gasteiger partial charge in [0.2, 0.25) is 0 Å². The van der Waals surface area contributed by atoms with E-state index in [1.54, 1.807) is 0 Å². The van der Waals surface area contributed by atoms with E-state index in [1.807, 2.05) is 0 Å². The highest BCUT2D eigenvalue weighted by Gasteiger charge is 2.19. The van der Waals surface area contributed by atoms with Crippen LogP contribution in [0.5, 0.6) is 0 Å². The maximum Gasteiger partial charge on any atom is 0.306 e. The van der Waals surface area contributed by atoms with Gasteiger partial charge in [0, 0.05) is 19.3 Å². The first-order valence-electron chi connectivity index (χ1n) is 29.1. The summed E-state index contributed by atoms with van der Waals surface area (Å²) in [5.41, 5.74) is 0. The van der Waals surface area contributed by atoms with Crippen molar-refractivity contribution in [1.29, 1.82) is 0 Å². The number of esters is 3. The molecule has 0 aliphatic rings. The van der Waals surface area contributed by atoms with Crippen molar-refractivity contribution in [3.63, 3.8) is 0 Å². The molecule has 0 rings (SSSR count). The Hall–Kier alpha value is -3.41. The molecule has 0 amide bonds. The van der Waals surface area contributed by atoms with E-state index in [4.69, 9.17) is 14.2 Å². The Kier molecular flexibility index (Phi) is 54.3. The normalized spacial score (nSPS) is 12.7. The molecule has 6 heteroatoms. The zero-order valence-electron chi connectivity index (χ0n) is 45.3. The summed E-state index contributed by atoms with van der Waals surface area (Å²) in [6, 6.07) is 0. The molecule has 1 unspecified atom stereocenters. The first kappa shape index (κ1) is 65.6. The fraction of sp³-hybridized carbons (Fsp3) is 0.730. The van der Waals surface area contributed by atoms with Crippen LogP contribution in [0.1, 0.15) is 278 Å². The van der Waals surface area contributed by atoms with E-state index in [0.29, 0.717) is 19.3 Å². The number of unbranched alkanes of at least 4 members (excludes halogenated alkanes) is 28. The molecule has 0 N–H and O–H groups in total. The number of hydrogen-bond acceptors (Lipinski definition) is 6. The summed E-state index contributed by atoms with van der Waals surface area (Å²) in [6.45, 7) is 6.54. The lowest BCUT2D eigenvalue weighted by Gasteiger charge is -2.18. The first-order chi connectivity index (χ1) is 34.0. The standard InChI is InChI=1S/C63H108O6/c1-4-7-10-13-16-19-22-25-28-31-33-35-38-41-44-47-50-53-56-62(65)68-59-60(58-67-61(64)55-52-49-46-43-40-37-34-30-27-24-21-18-15-12-9-6-3)69-63(66)57-54-51-48-45-42-39-36-32-29-26-23-20-17-14-11-8-5-2/h17,20,26,29-30,33-37,39-40,45,48,60H,4-16,18-19,21-25,27-28,31-32,38,41-44,46-47,49-59H2,1-3H3/b20-17-,29-26-,34-30-,35-33-,39-36-,40-37-,48-45-. The van der Waals surface area contributed by atoms with Crippen LogP contribution in [-0.2, 0) is 28.6 Å². The lowest BCUT2D eigenvalue weighted by Crippen LogP contribution is -2.30. The average molecular weight is 962 g/mol. The molecule has 0 fully saturated rings. The number of rotatable bonds is 52. The van der Waals surface area contributed by atoms with Gasteiger partial charge in [-0.05, 0) is 109 Å². The van der Waals surface area contributed by atoms with Gasteiger partial charge in [-0.3, -0.25) is 14.4 Å². The van der Waals surface area contributed by atoms with Crippen molar-refractivity contribution >= 4 is 17.9 Å². The van der Waals surface area contributed by atoms with Crippen LogP contribution in [0.25, 0.3) is 0 Å². The summed E-state index contributed by atoms with van der Waals surface area (Å²) in [6.07, 6.45) is 74.4. The molecule has 0 aromatic rings. The quantitative estimate of drug-likeness (QED) is 0.0199. The Bertz CT molecular complexity index is 1330. The number of carbonyl (C=O) groups excluding carboxylic acids is 3. The van der Waals surface area contributed by atoms with Gasteiger partial charge >= 0.3 is 17.9 Å². The van der Waals surface area contributed by atoms with Crippen LogP contribution in [-0.4, -0.2) is 37.2 Å². The molecule has 0 heterocycles. The van der Waals surface area contributed by atoms with Crippen molar-refractivity contribution in [2.24, 2.45) is 0 Å². The van der Waals surface area contributed by atoms with Gasteiger partial charge in [-0.2, -0.15) is 0 Å². The molecule has 0 radical (unpaired) electrons. The third-order valence-corrected chi connectivity index (χ3v) is 12.4. The summed E-state index contributed by atoms with van der Waals surface area (Å²) >= 11 is 0. The van der Waals surface area contributed by atoms with E-state index in [9.17, 15) is 14.4 Å². The van der Waals surface area contributed by atoms with Gasteiger partial charge in [0.15, 0.2) is 6.10 Å². The second kappa shape index (κ2) is 57.2. The molecule has 6 nitrogen and oxygen atoms in total. The first-order valence-corrected chi connectivity index (χ1v) is 29.1. The summed E-state index contributed by atoms with van der Waals surface area (Å²) in [5.74, 6) is -0.997. The topological polar surface area (TPSA) is 78.9 Å². The minimum Gasteiger partial charge on any atom is -0.462 e. The molecule has 0 bridgehead atoms.